The summed E-state index contributed by atoms with van der Waals surface area (Å²) in [6, 6.07) is 8.99. The Hall–Kier alpha value is -4.48. The van der Waals surface area contributed by atoms with Crippen LogP contribution in [0.5, 0.6) is 5.75 Å². The van der Waals surface area contributed by atoms with Gasteiger partial charge in [0.2, 0.25) is 11.7 Å². The quantitative estimate of drug-likeness (QED) is 0.297. The Morgan fingerprint density at radius 2 is 1.73 bits per heavy atom. The third kappa shape index (κ3) is 4.11. The van der Waals surface area contributed by atoms with Gasteiger partial charge < -0.3 is 31.5 Å². The molecule has 2 aromatic rings. The van der Waals surface area contributed by atoms with Crippen molar-refractivity contribution in [3.8, 4) is 16.9 Å². The molecule has 4 unspecified atom stereocenters. The predicted molar refractivity (Wildman–Crippen MR) is 148 cm³/mol. The zero-order chi connectivity index (χ0) is 30.0. The lowest BCUT2D eigenvalue weighted by atomic mass is 9.58. The lowest BCUT2D eigenvalue weighted by Gasteiger charge is -2.50. The number of Topliss-reactive ketones (excluding diaryl/α,β-unsaturated/α-hetero) is 2. The molecular formula is C30H31N3O8. The molecule has 0 radical (unpaired) electrons. The zero-order valence-electron chi connectivity index (χ0n) is 22.8. The first-order chi connectivity index (χ1) is 19.3. The van der Waals surface area contributed by atoms with Gasteiger partial charge in [0.1, 0.15) is 22.8 Å². The smallest absolute Gasteiger partial charge is 0.255 e. The van der Waals surface area contributed by atoms with E-state index in [0.717, 1.165) is 5.56 Å². The maximum Gasteiger partial charge on any atom is 0.255 e. The van der Waals surface area contributed by atoms with E-state index < -0.39 is 58.0 Å². The van der Waals surface area contributed by atoms with Crippen LogP contribution in [-0.4, -0.2) is 74.4 Å². The van der Waals surface area contributed by atoms with E-state index >= 15 is 0 Å². The van der Waals surface area contributed by atoms with Crippen LogP contribution in [0.25, 0.3) is 11.1 Å². The number of phenols is 1. The van der Waals surface area contributed by atoms with Gasteiger partial charge in [-0.3, -0.25) is 24.1 Å². The van der Waals surface area contributed by atoms with Crippen molar-refractivity contribution in [2.24, 2.45) is 17.6 Å². The average Bonchev–Trinajstić information content (AvgIpc) is 2.91. The number of phenolic OH excluding ortho intramolecular Hbond substituents is 1. The molecule has 4 atom stereocenters. The molecule has 0 aromatic heterocycles. The number of nitrogens with one attached hydrogen (secondary N) is 1. The number of carbonyl (C=O) groups is 4. The Kier molecular flexibility index (Phi) is 6.75. The molecule has 0 saturated carbocycles. The number of aliphatic hydroxyl groups excluding tert-OH is 2. The topological polar surface area (TPSA) is 190 Å². The van der Waals surface area contributed by atoms with Crippen LogP contribution in [0.2, 0.25) is 0 Å². The van der Waals surface area contributed by atoms with Crippen LogP contribution in [0.3, 0.4) is 0 Å². The third-order valence-electron chi connectivity index (χ3n) is 8.41. The number of anilines is 1. The van der Waals surface area contributed by atoms with Crippen molar-refractivity contribution in [1.82, 2.24) is 4.90 Å². The maximum atomic E-state index is 13.9. The van der Waals surface area contributed by atoms with Crippen LogP contribution < -0.4 is 11.1 Å². The summed E-state index contributed by atoms with van der Waals surface area (Å²) in [5, 5.41) is 47.5. The number of hydrogen-bond donors (Lipinski definition) is 6. The predicted octanol–water partition coefficient (Wildman–Crippen LogP) is 2.14. The van der Waals surface area contributed by atoms with E-state index in [1.165, 1.54) is 11.0 Å². The standard InChI is InChI=1S/C30H31N3O8/c1-4-20(35)32-15-7-5-13(6-8-15)16-9-10-19(34)22-17(16)11-14-12-18-24(33(2)3)26(37)23(29(31)40)28(39)30(18,41)27(38)21(14)25(22)36/h5-10,14,18,24,34,37-38,41H,4,11-12H2,1-3H3,(H2,31,40)(H,32,35). The summed E-state index contributed by atoms with van der Waals surface area (Å²) in [6.07, 6.45) is 0.503. The Morgan fingerprint density at radius 1 is 1.07 bits per heavy atom. The second-order valence-electron chi connectivity index (χ2n) is 10.9. The molecule has 0 bridgehead atoms. The van der Waals surface area contributed by atoms with Crippen molar-refractivity contribution < 1.29 is 39.6 Å². The van der Waals surface area contributed by atoms with Crippen molar-refractivity contribution in [3.05, 3.63) is 70.2 Å². The first-order valence-electron chi connectivity index (χ1n) is 13.2. The van der Waals surface area contributed by atoms with Crippen LogP contribution in [0.4, 0.5) is 5.69 Å². The van der Waals surface area contributed by atoms with Gasteiger partial charge in [-0.05, 0) is 67.7 Å². The molecule has 11 heteroatoms. The highest BCUT2D eigenvalue weighted by Crippen LogP contribution is 2.53. The number of benzene rings is 2. The van der Waals surface area contributed by atoms with Crippen molar-refractivity contribution >= 4 is 29.1 Å². The summed E-state index contributed by atoms with van der Waals surface area (Å²) in [7, 11) is 3.16. The number of allylic oxidation sites excluding steroid dienone is 1. The highest BCUT2D eigenvalue weighted by molar-refractivity contribution is 6.25. The summed E-state index contributed by atoms with van der Waals surface area (Å²) in [5.41, 5.74) is 4.06. The van der Waals surface area contributed by atoms with Crippen LogP contribution in [0, 0.1) is 11.8 Å². The van der Waals surface area contributed by atoms with Gasteiger partial charge in [0.25, 0.3) is 5.91 Å². The number of amides is 2. The average molecular weight is 562 g/mol. The van der Waals surface area contributed by atoms with E-state index in [-0.39, 0.29) is 35.6 Å². The number of primary amides is 1. The van der Waals surface area contributed by atoms with E-state index in [9.17, 15) is 39.6 Å². The number of rotatable bonds is 5. The molecular weight excluding hydrogens is 530 g/mol. The van der Waals surface area contributed by atoms with Crippen molar-refractivity contribution in [1.29, 1.82) is 0 Å². The molecule has 11 nitrogen and oxygen atoms in total. The molecule has 0 saturated heterocycles. The molecule has 3 aliphatic rings. The fraction of sp³-hybridized carbons (Fsp3) is 0.333. The Morgan fingerprint density at radius 3 is 2.32 bits per heavy atom. The van der Waals surface area contributed by atoms with E-state index in [4.69, 9.17) is 5.73 Å². The normalized spacial score (nSPS) is 25.5. The van der Waals surface area contributed by atoms with E-state index in [1.54, 1.807) is 51.4 Å². The highest BCUT2D eigenvalue weighted by Gasteiger charge is 2.63. The summed E-state index contributed by atoms with van der Waals surface area (Å²) in [6.45, 7) is 1.74. The Balaban J connectivity index is 1.64. The summed E-state index contributed by atoms with van der Waals surface area (Å²) in [5.74, 6) is -7.06. The molecule has 2 aromatic carbocycles. The summed E-state index contributed by atoms with van der Waals surface area (Å²) < 4.78 is 0. The lowest BCUT2D eigenvalue weighted by Crippen LogP contribution is -2.63. The number of aliphatic hydroxyl groups is 3. The summed E-state index contributed by atoms with van der Waals surface area (Å²) >= 11 is 0. The Bertz CT molecular complexity index is 1570. The van der Waals surface area contributed by atoms with Gasteiger partial charge in [0.15, 0.2) is 11.4 Å². The molecule has 0 heterocycles. The zero-order valence-corrected chi connectivity index (χ0v) is 22.8. The number of likely N-dealkylation sites (N-methyl/N-ethyl adjacent to an activating group) is 1. The van der Waals surface area contributed by atoms with Crippen molar-refractivity contribution in [3.63, 3.8) is 0 Å². The second-order valence-corrected chi connectivity index (χ2v) is 10.9. The van der Waals surface area contributed by atoms with Gasteiger partial charge in [-0.2, -0.15) is 0 Å². The minimum atomic E-state index is -2.68. The fourth-order valence-electron chi connectivity index (χ4n) is 6.50. The monoisotopic (exact) mass is 561 g/mol. The largest absolute Gasteiger partial charge is 0.510 e. The SMILES string of the molecule is CCC(=O)Nc1ccc(-c2ccc(O)c3c2CC2CC4C(N(C)C)C(O)=C(C(N)=O)C(=O)C4(O)C(O)=C2C3=O)cc1. The number of ketones is 2. The van der Waals surface area contributed by atoms with E-state index in [1.807, 2.05) is 0 Å². The third-order valence-corrected chi connectivity index (χ3v) is 8.41. The maximum absolute atomic E-state index is 13.9. The molecule has 214 valence electrons. The van der Waals surface area contributed by atoms with Gasteiger partial charge >= 0.3 is 0 Å². The highest BCUT2D eigenvalue weighted by atomic mass is 16.3. The molecule has 5 rings (SSSR count). The van der Waals surface area contributed by atoms with Gasteiger partial charge in [0.05, 0.1) is 11.6 Å². The number of nitrogens with two attached hydrogens (primary N) is 1. The molecule has 7 N–H and O–H groups in total. The minimum Gasteiger partial charge on any atom is -0.510 e. The molecule has 0 fully saturated rings. The first-order valence-corrected chi connectivity index (χ1v) is 13.2. The van der Waals surface area contributed by atoms with Gasteiger partial charge in [-0.15, -0.1) is 0 Å². The number of fused-ring (bicyclic) bond motifs is 3. The molecule has 0 spiro atoms. The Labute approximate surface area is 235 Å². The number of nitrogens with zero attached hydrogens (tertiary/aromatic N) is 1. The van der Waals surface area contributed by atoms with Gasteiger partial charge in [-0.1, -0.05) is 25.1 Å². The van der Waals surface area contributed by atoms with Gasteiger partial charge in [-0.25, -0.2) is 0 Å². The second kappa shape index (κ2) is 9.86. The van der Waals surface area contributed by atoms with Crippen LogP contribution in [0.1, 0.15) is 35.7 Å². The molecule has 3 aliphatic carbocycles. The van der Waals surface area contributed by atoms with E-state index in [2.05, 4.69) is 5.32 Å². The van der Waals surface area contributed by atoms with Crippen LogP contribution >= 0.6 is 0 Å². The van der Waals surface area contributed by atoms with E-state index in [0.29, 0.717) is 23.2 Å². The van der Waals surface area contributed by atoms with Crippen LogP contribution in [-0.2, 0) is 20.8 Å². The van der Waals surface area contributed by atoms with Crippen molar-refractivity contribution in [2.75, 3.05) is 19.4 Å². The lowest BCUT2D eigenvalue weighted by molar-refractivity contribution is -0.148. The number of aromatic hydroxyl groups is 1. The minimum absolute atomic E-state index is 0.00282. The molecule has 41 heavy (non-hydrogen) atoms. The summed E-state index contributed by atoms with van der Waals surface area (Å²) in [4.78, 5) is 52.7. The first kappa shape index (κ1) is 28.1. The molecule has 0 aliphatic heterocycles. The van der Waals surface area contributed by atoms with Crippen LogP contribution in [0.15, 0.2) is 59.1 Å². The fourth-order valence-corrected chi connectivity index (χ4v) is 6.50. The molecule has 2 amide bonds. The van der Waals surface area contributed by atoms with Crippen molar-refractivity contribution in [2.45, 2.75) is 37.8 Å². The number of hydrogen-bond acceptors (Lipinski definition) is 9. The number of carbonyl (C=O) groups excluding carboxylic acids is 4. The van der Waals surface area contributed by atoms with Gasteiger partial charge in [0, 0.05) is 23.6 Å².